The molecular formula is C30H29N5O3S2. The van der Waals surface area contributed by atoms with Gasteiger partial charge in [0, 0.05) is 35.2 Å². The van der Waals surface area contributed by atoms with Crippen LogP contribution in [-0.2, 0) is 12.8 Å². The molecule has 2 heterocycles. The predicted molar refractivity (Wildman–Crippen MR) is 160 cm³/mol. The third-order valence-electron chi connectivity index (χ3n) is 6.98. The number of nitrogens with zero attached hydrogens (tertiary/aromatic N) is 4. The van der Waals surface area contributed by atoms with Gasteiger partial charge in [-0.2, -0.15) is 0 Å². The molecule has 0 aliphatic heterocycles. The molecule has 0 radical (unpaired) electrons. The average Bonchev–Trinajstić information content (AvgIpc) is 3.31. The minimum absolute atomic E-state index is 0.0538. The molecule has 1 aliphatic carbocycles. The van der Waals surface area contributed by atoms with Crippen molar-refractivity contribution in [1.82, 2.24) is 9.97 Å². The normalized spacial score (nSPS) is 15.1. The van der Waals surface area contributed by atoms with Crippen LogP contribution >= 0.6 is 23.1 Å². The summed E-state index contributed by atoms with van der Waals surface area (Å²) in [5.74, 6) is 0.326. The number of para-hydroxylation sites is 1. The van der Waals surface area contributed by atoms with E-state index in [1.54, 1.807) is 48.1 Å². The minimum atomic E-state index is -0.419. The fourth-order valence-electron chi connectivity index (χ4n) is 4.76. The molecule has 40 heavy (non-hydrogen) atoms. The van der Waals surface area contributed by atoms with Crippen LogP contribution in [0.3, 0.4) is 0 Å². The van der Waals surface area contributed by atoms with Gasteiger partial charge in [0.1, 0.15) is 5.00 Å². The van der Waals surface area contributed by atoms with Crippen LogP contribution in [0.5, 0.6) is 0 Å². The lowest BCUT2D eigenvalue weighted by Gasteiger charge is -2.33. The second kappa shape index (κ2) is 11.7. The Kier molecular flexibility index (Phi) is 8.09. The lowest BCUT2D eigenvalue weighted by atomic mass is 9.72. The first-order valence-electron chi connectivity index (χ1n) is 13.0. The maximum atomic E-state index is 13.5. The summed E-state index contributed by atoms with van der Waals surface area (Å²) >= 11 is 2.68. The van der Waals surface area contributed by atoms with Crippen LogP contribution in [0.1, 0.15) is 53.6 Å². The van der Waals surface area contributed by atoms with Gasteiger partial charge in [-0.25, -0.2) is 15.0 Å². The number of carbonyl (C=O) groups is 1. The molecule has 2 aromatic carbocycles. The highest BCUT2D eigenvalue weighted by Gasteiger charge is 2.33. The Morgan fingerprint density at radius 3 is 2.60 bits per heavy atom. The maximum Gasteiger partial charge on any atom is 0.283 e. The fraction of sp³-hybridized carbons (Fsp3) is 0.267. The number of benzene rings is 2. The number of amides is 1. The molecule has 0 bridgehead atoms. The first-order valence-corrected chi connectivity index (χ1v) is 14.6. The van der Waals surface area contributed by atoms with E-state index in [0.717, 1.165) is 42.3 Å². The van der Waals surface area contributed by atoms with Gasteiger partial charge in [-0.15, -0.1) is 11.3 Å². The smallest absolute Gasteiger partial charge is 0.283 e. The molecule has 204 valence electrons. The average molecular weight is 572 g/mol. The summed E-state index contributed by atoms with van der Waals surface area (Å²) in [7, 11) is 0. The van der Waals surface area contributed by atoms with Crippen LogP contribution in [-0.4, -0.2) is 27.0 Å². The molecule has 0 fully saturated rings. The third-order valence-corrected chi connectivity index (χ3v) is 9.10. The third kappa shape index (κ3) is 6.29. The number of thiophene rings is 1. The Morgan fingerprint density at radius 1 is 1.15 bits per heavy atom. The van der Waals surface area contributed by atoms with E-state index in [2.05, 4.69) is 36.1 Å². The second-order valence-corrected chi connectivity index (χ2v) is 12.8. The summed E-state index contributed by atoms with van der Waals surface area (Å²) in [4.78, 5) is 39.6. The first-order chi connectivity index (χ1) is 19.2. The van der Waals surface area contributed by atoms with Gasteiger partial charge < -0.3 is 5.32 Å². The van der Waals surface area contributed by atoms with Crippen molar-refractivity contribution in [2.24, 2.45) is 16.3 Å². The van der Waals surface area contributed by atoms with Crippen molar-refractivity contribution in [3.05, 3.63) is 98.7 Å². The lowest BCUT2D eigenvalue weighted by Crippen LogP contribution is -2.27. The van der Waals surface area contributed by atoms with E-state index in [9.17, 15) is 14.9 Å². The Hall–Kier alpha value is -3.89. The van der Waals surface area contributed by atoms with E-state index in [4.69, 9.17) is 4.99 Å². The van der Waals surface area contributed by atoms with Gasteiger partial charge in [-0.05, 0) is 77.7 Å². The highest BCUT2D eigenvalue weighted by molar-refractivity contribution is 7.99. The van der Waals surface area contributed by atoms with E-state index in [1.807, 2.05) is 30.3 Å². The van der Waals surface area contributed by atoms with Crippen LogP contribution in [0.2, 0.25) is 0 Å². The van der Waals surface area contributed by atoms with Gasteiger partial charge in [0.05, 0.1) is 15.4 Å². The molecule has 4 aromatic rings. The second-order valence-electron chi connectivity index (χ2n) is 10.7. The largest absolute Gasteiger partial charge is 0.322 e. The van der Waals surface area contributed by atoms with Crippen molar-refractivity contribution in [3.63, 3.8) is 0 Å². The molecule has 2 aromatic heterocycles. The topological polar surface area (TPSA) is 110 Å². The number of nitro benzene ring substituents is 1. The highest BCUT2D eigenvalue weighted by Crippen LogP contribution is 2.45. The number of hydrogen-bond donors (Lipinski definition) is 1. The van der Waals surface area contributed by atoms with Crippen LogP contribution in [0.25, 0.3) is 0 Å². The van der Waals surface area contributed by atoms with Gasteiger partial charge in [0.15, 0.2) is 5.16 Å². The molecule has 8 nitrogen and oxygen atoms in total. The van der Waals surface area contributed by atoms with Crippen molar-refractivity contribution in [2.45, 2.75) is 50.1 Å². The first kappa shape index (κ1) is 27.7. The summed E-state index contributed by atoms with van der Waals surface area (Å²) in [5, 5.41) is 15.9. The summed E-state index contributed by atoms with van der Waals surface area (Å²) in [6.07, 6.45) is 7.52. The number of aromatic nitrogens is 2. The lowest BCUT2D eigenvalue weighted by molar-refractivity contribution is -0.387. The number of aliphatic imine (C=N–C) groups is 1. The van der Waals surface area contributed by atoms with Crippen molar-refractivity contribution in [3.8, 4) is 0 Å². The number of nitro groups is 1. The predicted octanol–water partition coefficient (Wildman–Crippen LogP) is 7.75. The molecule has 1 N–H and O–H groups in total. The van der Waals surface area contributed by atoms with Crippen LogP contribution in [0.4, 0.5) is 16.4 Å². The van der Waals surface area contributed by atoms with Crippen molar-refractivity contribution >= 4 is 51.6 Å². The number of rotatable bonds is 7. The Morgan fingerprint density at radius 2 is 1.90 bits per heavy atom. The molecule has 0 saturated heterocycles. The van der Waals surface area contributed by atoms with Crippen molar-refractivity contribution < 1.29 is 9.72 Å². The van der Waals surface area contributed by atoms with Gasteiger partial charge in [0.2, 0.25) is 0 Å². The van der Waals surface area contributed by atoms with Crippen LogP contribution < -0.4 is 5.32 Å². The molecule has 0 saturated carbocycles. The van der Waals surface area contributed by atoms with Crippen molar-refractivity contribution in [2.75, 3.05) is 5.32 Å². The number of carbonyl (C=O) groups excluding carboxylic acids is 1. The molecular weight excluding hydrogens is 542 g/mol. The summed E-state index contributed by atoms with van der Waals surface area (Å²) in [6, 6.07) is 16.0. The molecule has 1 aliphatic rings. The number of hydrogen-bond acceptors (Lipinski definition) is 8. The minimum Gasteiger partial charge on any atom is -0.322 e. The van der Waals surface area contributed by atoms with E-state index in [0.29, 0.717) is 32.1 Å². The standard InChI is InChI=1S/C30H29N5O3S2/c1-30(2,3)20-11-12-22-25(17-20)39-28(26(22)27(36)34-21-8-5-4-6-9-21)33-18-19-10-13-24(23(16-19)35(37)38)40-29-31-14-7-15-32-29/h4-10,13-16,18,20H,11-12,17H2,1-3H3,(H,34,36)/t20-/m0/s1. The number of anilines is 1. The molecule has 5 rings (SSSR count). The zero-order valence-corrected chi connectivity index (χ0v) is 24.1. The van der Waals surface area contributed by atoms with E-state index in [1.165, 1.54) is 10.9 Å². The van der Waals surface area contributed by atoms with Gasteiger partial charge >= 0.3 is 0 Å². The fourth-order valence-corrected chi connectivity index (χ4v) is 6.83. The Bertz CT molecular complexity index is 1560. The Labute approximate surface area is 241 Å². The van der Waals surface area contributed by atoms with Crippen molar-refractivity contribution in [1.29, 1.82) is 0 Å². The maximum absolute atomic E-state index is 13.5. The molecule has 0 spiro atoms. The van der Waals surface area contributed by atoms with Crippen LogP contribution in [0.15, 0.2) is 82.0 Å². The number of nitrogens with one attached hydrogen (secondary N) is 1. The molecule has 10 heteroatoms. The van der Waals surface area contributed by atoms with E-state index in [-0.39, 0.29) is 17.0 Å². The van der Waals surface area contributed by atoms with E-state index < -0.39 is 4.92 Å². The zero-order valence-electron chi connectivity index (χ0n) is 22.5. The molecule has 1 atom stereocenters. The summed E-state index contributed by atoms with van der Waals surface area (Å²) < 4.78 is 0. The number of fused-ring (bicyclic) bond motifs is 1. The van der Waals surface area contributed by atoms with Gasteiger partial charge in [-0.3, -0.25) is 14.9 Å². The summed E-state index contributed by atoms with van der Waals surface area (Å²) in [6.45, 7) is 6.78. The zero-order chi connectivity index (χ0) is 28.3. The van der Waals surface area contributed by atoms with Crippen LogP contribution in [0, 0.1) is 21.4 Å². The quantitative estimate of drug-likeness (QED) is 0.105. The molecule has 1 amide bonds. The summed E-state index contributed by atoms with van der Waals surface area (Å²) in [5.41, 5.74) is 3.06. The monoisotopic (exact) mass is 571 g/mol. The highest BCUT2D eigenvalue weighted by atomic mass is 32.2. The SMILES string of the molecule is CC(C)(C)[C@H]1CCc2c(sc(N=Cc3ccc(Sc4ncccn4)c([N+](=O)[O-])c3)c2C(=O)Nc2ccccc2)C1. The molecule has 0 unspecified atom stereocenters. The van der Waals surface area contributed by atoms with Gasteiger partial charge in [-0.1, -0.05) is 45.0 Å². The Balaban J connectivity index is 1.48. The van der Waals surface area contributed by atoms with Gasteiger partial charge in [0.25, 0.3) is 11.6 Å². The van der Waals surface area contributed by atoms with E-state index >= 15 is 0 Å².